The summed E-state index contributed by atoms with van der Waals surface area (Å²) in [4.78, 5) is 12.6. The number of benzene rings is 2. The molecule has 158 valence electrons. The van der Waals surface area contributed by atoms with Crippen molar-refractivity contribution >= 4 is 15.9 Å². The highest BCUT2D eigenvalue weighted by Gasteiger charge is 2.21. The van der Waals surface area contributed by atoms with Gasteiger partial charge in [0.25, 0.3) is 5.91 Å². The molecule has 0 radical (unpaired) electrons. The van der Waals surface area contributed by atoms with Crippen LogP contribution in [0.2, 0.25) is 0 Å². The van der Waals surface area contributed by atoms with Crippen molar-refractivity contribution in [3.05, 3.63) is 65.7 Å². The maximum Gasteiger partial charge on any atom is 0.251 e. The van der Waals surface area contributed by atoms with Gasteiger partial charge in [-0.15, -0.1) is 0 Å². The number of rotatable bonds is 11. The van der Waals surface area contributed by atoms with Crippen LogP contribution in [0.25, 0.3) is 0 Å². The molecule has 0 aliphatic rings. The van der Waals surface area contributed by atoms with Crippen molar-refractivity contribution in [2.24, 2.45) is 0 Å². The molecule has 0 spiro atoms. The molecule has 0 heterocycles. The molecule has 29 heavy (non-hydrogen) atoms. The van der Waals surface area contributed by atoms with E-state index in [9.17, 15) is 18.3 Å². The van der Waals surface area contributed by atoms with E-state index in [-0.39, 0.29) is 23.3 Å². The first-order chi connectivity index (χ1) is 13.9. The lowest BCUT2D eigenvalue weighted by Crippen LogP contribution is -2.30. The van der Waals surface area contributed by atoms with Crippen LogP contribution in [0.5, 0.6) is 0 Å². The molecule has 1 unspecified atom stereocenters. The SMILES string of the molecule is CCN(CC)S(=O)(=O)c1ccc(C(=O)NCCC(CCO)c2ccccc2)cc1. The van der Waals surface area contributed by atoms with E-state index >= 15 is 0 Å². The van der Waals surface area contributed by atoms with Gasteiger partial charge in [-0.2, -0.15) is 4.31 Å². The Balaban J connectivity index is 1.97. The highest BCUT2D eigenvalue weighted by molar-refractivity contribution is 7.89. The van der Waals surface area contributed by atoms with Gasteiger partial charge in [-0.3, -0.25) is 4.79 Å². The average Bonchev–Trinajstić information content (AvgIpc) is 2.74. The lowest BCUT2D eigenvalue weighted by molar-refractivity contribution is 0.0952. The van der Waals surface area contributed by atoms with Crippen LogP contribution >= 0.6 is 0 Å². The Bertz CT molecular complexity index is 863. The summed E-state index contributed by atoms with van der Waals surface area (Å²) in [5.41, 5.74) is 1.56. The van der Waals surface area contributed by atoms with E-state index in [0.717, 1.165) is 5.56 Å². The molecule has 0 bridgehead atoms. The molecule has 2 aromatic carbocycles. The van der Waals surface area contributed by atoms with E-state index in [1.54, 1.807) is 13.8 Å². The summed E-state index contributed by atoms with van der Waals surface area (Å²) < 4.78 is 26.4. The molecule has 0 aliphatic carbocycles. The standard InChI is InChI=1S/C22H30N2O4S/c1-3-24(4-2)29(27,28)21-12-10-20(11-13-21)22(26)23-16-14-19(15-17-25)18-8-6-5-7-9-18/h5-13,19,25H,3-4,14-17H2,1-2H3,(H,23,26). The predicted octanol–water partition coefficient (Wildman–Crippen LogP) is 3.00. The summed E-state index contributed by atoms with van der Waals surface area (Å²) in [6, 6.07) is 15.9. The van der Waals surface area contributed by atoms with Crippen LogP contribution in [-0.2, 0) is 10.0 Å². The first-order valence-electron chi connectivity index (χ1n) is 9.98. The van der Waals surface area contributed by atoms with Crippen molar-refractivity contribution in [2.45, 2.75) is 37.5 Å². The van der Waals surface area contributed by atoms with Gasteiger partial charge < -0.3 is 10.4 Å². The Kier molecular flexibility index (Phi) is 8.82. The minimum atomic E-state index is -3.53. The van der Waals surface area contributed by atoms with E-state index in [0.29, 0.717) is 38.0 Å². The van der Waals surface area contributed by atoms with Crippen molar-refractivity contribution in [1.82, 2.24) is 9.62 Å². The molecule has 0 aromatic heterocycles. The van der Waals surface area contributed by atoms with E-state index in [1.807, 2.05) is 30.3 Å². The summed E-state index contributed by atoms with van der Waals surface area (Å²) >= 11 is 0. The van der Waals surface area contributed by atoms with Gasteiger partial charge in [0.15, 0.2) is 0 Å². The lowest BCUT2D eigenvalue weighted by atomic mass is 9.93. The zero-order valence-corrected chi connectivity index (χ0v) is 17.9. The van der Waals surface area contributed by atoms with Gasteiger partial charge in [-0.1, -0.05) is 44.2 Å². The number of carbonyl (C=O) groups excluding carboxylic acids is 1. The number of aliphatic hydroxyl groups excluding tert-OH is 1. The Morgan fingerprint density at radius 3 is 2.17 bits per heavy atom. The van der Waals surface area contributed by atoms with Crippen LogP contribution in [-0.4, -0.2) is 50.0 Å². The molecule has 2 aromatic rings. The Morgan fingerprint density at radius 1 is 1.00 bits per heavy atom. The van der Waals surface area contributed by atoms with Crippen molar-refractivity contribution in [3.63, 3.8) is 0 Å². The summed E-state index contributed by atoms with van der Waals surface area (Å²) in [6.45, 7) is 4.95. The normalized spacial score (nSPS) is 12.7. The van der Waals surface area contributed by atoms with Crippen LogP contribution in [0, 0.1) is 0 Å². The Morgan fingerprint density at radius 2 is 1.62 bits per heavy atom. The topological polar surface area (TPSA) is 86.7 Å². The number of nitrogens with one attached hydrogen (secondary N) is 1. The predicted molar refractivity (Wildman–Crippen MR) is 114 cm³/mol. The van der Waals surface area contributed by atoms with Gasteiger partial charge in [0.2, 0.25) is 10.0 Å². The van der Waals surface area contributed by atoms with Gasteiger partial charge in [0, 0.05) is 31.8 Å². The molecule has 2 rings (SSSR count). The smallest absolute Gasteiger partial charge is 0.251 e. The third-order valence-corrected chi connectivity index (χ3v) is 7.05. The van der Waals surface area contributed by atoms with Gasteiger partial charge in [0.1, 0.15) is 0 Å². The molecule has 0 saturated heterocycles. The van der Waals surface area contributed by atoms with Gasteiger partial charge in [-0.25, -0.2) is 8.42 Å². The fourth-order valence-electron chi connectivity index (χ4n) is 3.31. The Hall–Kier alpha value is -2.22. The molecule has 6 nitrogen and oxygen atoms in total. The maximum absolute atomic E-state index is 12.5. The Labute approximate surface area is 173 Å². The third kappa shape index (κ3) is 6.13. The minimum absolute atomic E-state index is 0.0932. The first-order valence-corrected chi connectivity index (χ1v) is 11.4. The second kappa shape index (κ2) is 11.1. The number of nitrogens with zero attached hydrogens (tertiary/aromatic N) is 1. The molecule has 1 atom stereocenters. The summed E-state index contributed by atoms with van der Waals surface area (Å²) in [5.74, 6) is -0.0734. The minimum Gasteiger partial charge on any atom is -0.396 e. The zero-order valence-electron chi connectivity index (χ0n) is 17.0. The highest BCUT2D eigenvalue weighted by Crippen LogP contribution is 2.22. The summed E-state index contributed by atoms with van der Waals surface area (Å²) in [7, 11) is -3.53. The average molecular weight is 419 g/mol. The van der Waals surface area contributed by atoms with E-state index < -0.39 is 10.0 Å². The number of hydrogen-bond acceptors (Lipinski definition) is 4. The summed E-state index contributed by atoms with van der Waals surface area (Å²) in [5, 5.41) is 12.2. The molecule has 2 N–H and O–H groups in total. The molecular formula is C22H30N2O4S. The second-order valence-electron chi connectivity index (χ2n) is 6.78. The largest absolute Gasteiger partial charge is 0.396 e. The zero-order chi connectivity index (χ0) is 21.3. The van der Waals surface area contributed by atoms with E-state index in [1.165, 1.54) is 28.6 Å². The van der Waals surface area contributed by atoms with Crippen LogP contribution in [0.3, 0.4) is 0 Å². The summed E-state index contributed by atoms with van der Waals surface area (Å²) in [6.07, 6.45) is 1.35. The molecule has 7 heteroatoms. The molecule has 0 saturated carbocycles. The number of carbonyl (C=O) groups is 1. The molecule has 0 aliphatic heterocycles. The van der Waals surface area contributed by atoms with Crippen molar-refractivity contribution in [3.8, 4) is 0 Å². The molecule has 1 amide bonds. The van der Waals surface area contributed by atoms with E-state index in [2.05, 4.69) is 5.32 Å². The number of sulfonamides is 1. The second-order valence-corrected chi connectivity index (χ2v) is 8.72. The highest BCUT2D eigenvalue weighted by atomic mass is 32.2. The van der Waals surface area contributed by atoms with Crippen LogP contribution in [0.1, 0.15) is 48.5 Å². The van der Waals surface area contributed by atoms with Crippen LogP contribution in [0.15, 0.2) is 59.5 Å². The van der Waals surface area contributed by atoms with Crippen LogP contribution < -0.4 is 5.32 Å². The van der Waals surface area contributed by atoms with Crippen molar-refractivity contribution < 1.29 is 18.3 Å². The van der Waals surface area contributed by atoms with E-state index in [4.69, 9.17) is 0 Å². The number of hydrogen-bond donors (Lipinski definition) is 2. The molecule has 0 fully saturated rings. The quantitative estimate of drug-likeness (QED) is 0.587. The first kappa shape index (κ1) is 23.1. The van der Waals surface area contributed by atoms with Gasteiger partial charge in [-0.05, 0) is 48.6 Å². The van der Waals surface area contributed by atoms with Gasteiger partial charge >= 0.3 is 0 Å². The molecular weight excluding hydrogens is 388 g/mol. The fraction of sp³-hybridized carbons (Fsp3) is 0.409. The monoisotopic (exact) mass is 418 g/mol. The number of aliphatic hydroxyl groups is 1. The number of amides is 1. The fourth-order valence-corrected chi connectivity index (χ4v) is 4.77. The third-order valence-electron chi connectivity index (χ3n) is 4.99. The maximum atomic E-state index is 12.5. The van der Waals surface area contributed by atoms with Crippen molar-refractivity contribution in [1.29, 1.82) is 0 Å². The van der Waals surface area contributed by atoms with Crippen molar-refractivity contribution in [2.75, 3.05) is 26.2 Å². The van der Waals surface area contributed by atoms with Gasteiger partial charge in [0.05, 0.1) is 4.90 Å². The lowest BCUT2D eigenvalue weighted by Gasteiger charge is -2.18. The van der Waals surface area contributed by atoms with Crippen LogP contribution in [0.4, 0.5) is 0 Å².